The summed E-state index contributed by atoms with van der Waals surface area (Å²) in [7, 11) is 1.53. The Kier molecular flexibility index (Phi) is 3.86. The second-order valence-corrected chi connectivity index (χ2v) is 6.11. The van der Waals surface area contributed by atoms with Crippen molar-refractivity contribution >= 4 is 8.56 Å². The summed E-state index contributed by atoms with van der Waals surface area (Å²) in [6.07, 6.45) is 0. The average molecular weight is 160 g/mol. The van der Waals surface area contributed by atoms with Gasteiger partial charge >= 0.3 is 8.56 Å². The molecule has 0 rings (SSSR count). The molecule has 0 aromatic heterocycles. The van der Waals surface area contributed by atoms with Crippen molar-refractivity contribution in [3.8, 4) is 0 Å². The van der Waals surface area contributed by atoms with E-state index in [1.807, 2.05) is 13.5 Å². The predicted octanol–water partition coefficient (Wildman–Crippen LogP) is 1.93. The fourth-order valence-electron chi connectivity index (χ4n) is 0.776. The van der Waals surface area contributed by atoms with Crippen molar-refractivity contribution in [3.05, 3.63) is 12.2 Å². The minimum atomic E-state index is -1.86. The van der Waals surface area contributed by atoms with Crippen molar-refractivity contribution in [2.45, 2.75) is 19.5 Å². The smallest absolute Gasteiger partial charge is 0.338 e. The molecule has 0 N–H and O–H groups in total. The monoisotopic (exact) mass is 160 g/mol. The van der Waals surface area contributed by atoms with Crippen LogP contribution in [0.5, 0.6) is 0 Å². The molecule has 2 nitrogen and oxygen atoms in total. The Bertz CT molecular complexity index is 119. The van der Waals surface area contributed by atoms with Crippen LogP contribution in [-0.2, 0) is 8.85 Å². The van der Waals surface area contributed by atoms with E-state index in [1.54, 1.807) is 14.2 Å². The lowest BCUT2D eigenvalue weighted by molar-refractivity contribution is 0.252. The van der Waals surface area contributed by atoms with Crippen molar-refractivity contribution in [3.63, 3.8) is 0 Å². The summed E-state index contributed by atoms with van der Waals surface area (Å²) in [6, 6.07) is 0.875. The molecule has 0 bridgehead atoms. The molecule has 0 heterocycles. The van der Waals surface area contributed by atoms with E-state index in [1.165, 1.54) is 0 Å². The first-order valence-electron chi connectivity index (χ1n) is 3.29. The molecule has 10 heavy (non-hydrogen) atoms. The van der Waals surface area contributed by atoms with Gasteiger partial charge in [0.05, 0.1) is 0 Å². The molecule has 0 aromatic carbocycles. The molecular weight excluding hydrogens is 144 g/mol. The van der Waals surface area contributed by atoms with E-state index in [-0.39, 0.29) is 0 Å². The molecule has 0 aliphatic heterocycles. The van der Waals surface area contributed by atoms with Gasteiger partial charge in [-0.1, -0.05) is 5.57 Å². The largest absolute Gasteiger partial charge is 0.398 e. The van der Waals surface area contributed by atoms with E-state index in [0.29, 0.717) is 0 Å². The van der Waals surface area contributed by atoms with Crippen LogP contribution < -0.4 is 0 Å². The number of hydrogen-bond donors (Lipinski definition) is 0. The van der Waals surface area contributed by atoms with Crippen molar-refractivity contribution in [1.82, 2.24) is 0 Å². The summed E-state index contributed by atoms with van der Waals surface area (Å²) in [5, 5.41) is 0. The van der Waals surface area contributed by atoms with Gasteiger partial charge in [0.15, 0.2) is 0 Å². The van der Waals surface area contributed by atoms with Gasteiger partial charge in [-0.25, -0.2) is 0 Å². The number of hydrogen-bond acceptors (Lipinski definition) is 2. The third-order valence-electron chi connectivity index (χ3n) is 1.49. The van der Waals surface area contributed by atoms with Crippen molar-refractivity contribution < 1.29 is 8.85 Å². The Morgan fingerprint density at radius 1 is 1.40 bits per heavy atom. The van der Waals surface area contributed by atoms with Crippen molar-refractivity contribution in [1.29, 1.82) is 0 Å². The van der Waals surface area contributed by atoms with Gasteiger partial charge in [0, 0.05) is 20.3 Å². The van der Waals surface area contributed by atoms with E-state index in [2.05, 4.69) is 6.58 Å². The molecule has 0 aliphatic carbocycles. The average Bonchev–Trinajstić information content (AvgIpc) is 1.87. The van der Waals surface area contributed by atoms with E-state index < -0.39 is 8.56 Å². The second-order valence-electron chi connectivity index (χ2n) is 2.68. The molecule has 60 valence electrons. The zero-order valence-corrected chi connectivity index (χ0v) is 8.23. The fraction of sp³-hybridized carbons (Fsp3) is 0.714. The molecule has 0 aliphatic rings. The summed E-state index contributed by atoms with van der Waals surface area (Å²) in [4.78, 5) is 0. The molecule has 0 saturated carbocycles. The van der Waals surface area contributed by atoms with Gasteiger partial charge in [-0.3, -0.25) is 0 Å². The van der Waals surface area contributed by atoms with Gasteiger partial charge in [0.25, 0.3) is 0 Å². The van der Waals surface area contributed by atoms with E-state index >= 15 is 0 Å². The summed E-state index contributed by atoms with van der Waals surface area (Å²) in [6.45, 7) is 7.83. The maximum atomic E-state index is 5.25. The SMILES string of the molecule is C=C(C)C[Si](C)(OC)OC. The molecular formula is C7H16O2Si. The molecule has 0 saturated heterocycles. The lowest BCUT2D eigenvalue weighted by Gasteiger charge is -2.22. The lowest BCUT2D eigenvalue weighted by Crippen LogP contribution is -2.35. The van der Waals surface area contributed by atoms with Crippen LogP contribution in [0.1, 0.15) is 6.92 Å². The third-order valence-corrected chi connectivity index (χ3v) is 4.46. The van der Waals surface area contributed by atoms with Gasteiger partial charge in [-0.05, 0) is 13.5 Å². The molecule has 0 unspecified atom stereocenters. The topological polar surface area (TPSA) is 18.5 Å². The predicted molar refractivity (Wildman–Crippen MR) is 45.3 cm³/mol. The van der Waals surface area contributed by atoms with Crippen LogP contribution >= 0.6 is 0 Å². The standard InChI is InChI=1S/C7H16O2Si/c1-7(2)6-10(5,8-3)9-4/h1,6H2,2-5H3. The highest BCUT2D eigenvalue weighted by atomic mass is 28.4. The zero-order valence-electron chi connectivity index (χ0n) is 7.23. The van der Waals surface area contributed by atoms with Crippen LogP contribution in [0.3, 0.4) is 0 Å². The van der Waals surface area contributed by atoms with Crippen LogP contribution in [-0.4, -0.2) is 22.8 Å². The normalized spacial score (nSPS) is 11.6. The first kappa shape index (κ1) is 9.88. The summed E-state index contributed by atoms with van der Waals surface area (Å²) < 4.78 is 10.5. The molecule has 0 amide bonds. The first-order valence-corrected chi connectivity index (χ1v) is 5.81. The first-order chi connectivity index (χ1) is 4.54. The molecule has 0 fully saturated rings. The van der Waals surface area contributed by atoms with E-state index in [9.17, 15) is 0 Å². The van der Waals surface area contributed by atoms with Crippen LogP contribution in [0.4, 0.5) is 0 Å². The molecule has 3 heteroatoms. The minimum Gasteiger partial charge on any atom is -0.398 e. The summed E-state index contributed by atoms with van der Waals surface area (Å²) in [5.74, 6) is 0. The quantitative estimate of drug-likeness (QED) is 0.462. The minimum absolute atomic E-state index is 0.875. The zero-order chi connectivity index (χ0) is 8.20. The van der Waals surface area contributed by atoms with Crippen molar-refractivity contribution in [2.75, 3.05) is 14.2 Å². The highest BCUT2D eigenvalue weighted by Crippen LogP contribution is 2.15. The van der Waals surface area contributed by atoms with Crippen LogP contribution in [0.15, 0.2) is 12.2 Å². The van der Waals surface area contributed by atoms with Gasteiger partial charge in [0.2, 0.25) is 0 Å². The third kappa shape index (κ3) is 3.15. The molecule has 0 radical (unpaired) electrons. The molecule has 0 aromatic rings. The van der Waals surface area contributed by atoms with Gasteiger partial charge in [0.1, 0.15) is 0 Å². The maximum absolute atomic E-state index is 5.25. The Morgan fingerprint density at radius 2 is 1.80 bits per heavy atom. The van der Waals surface area contributed by atoms with Gasteiger partial charge in [-0.2, -0.15) is 0 Å². The van der Waals surface area contributed by atoms with Crippen molar-refractivity contribution in [2.24, 2.45) is 0 Å². The van der Waals surface area contributed by atoms with E-state index in [4.69, 9.17) is 8.85 Å². The molecule has 0 spiro atoms. The highest BCUT2D eigenvalue weighted by Gasteiger charge is 2.28. The van der Waals surface area contributed by atoms with Gasteiger partial charge in [-0.15, -0.1) is 6.58 Å². The van der Waals surface area contributed by atoms with Crippen LogP contribution in [0.25, 0.3) is 0 Å². The number of rotatable bonds is 4. The highest BCUT2D eigenvalue weighted by molar-refractivity contribution is 6.66. The van der Waals surface area contributed by atoms with Crippen LogP contribution in [0.2, 0.25) is 12.6 Å². The maximum Gasteiger partial charge on any atom is 0.338 e. The van der Waals surface area contributed by atoms with E-state index in [0.717, 1.165) is 11.6 Å². The fourth-order valence-corrected chi connectivity index (χ4v) is 2.33. The second kappa shape index (κ2) is 3.90. The lowest BCUT2D eigenvalue weighted by atomic mass is 10.4. The van der Waals surface area contributed by atoms with Crippen LogP contribution in [0, 0.1) is 0 Å². The number of allylic oxidation sites excluding steroid dienone is 1. The summed E-state index contributed by atoms with van der Waals surface area (Å²) in [5.41, 5.74) is 1.12. The Morgan fingerprint density at radius 3 is 1.90 bits per heavy atom. The molecule has 0 atom stereocenters. The Balaban J connectivity index is 3.92. The Labute approximate surface area is 64.1 Å². The summed E-state index contributed by atoms with van der Waals surface area (Å²) >= 11 is 0. The Hall–Kier alpha value is -0.123. The van der Waals surface area contributed by atoms with Gasteiger partial charge < -0.3 is 8.85 Å².